The molecule has 2 atom stereocenters. The van der Waals surface area contributed by atoms with E-state index in [0.29, 0.717) is 25.8 Å². The monoisotopic (exact) mass is 270 g/mol. The number of rotatable bonds is 10. The van der Waals surface area contributed by atoms with Crippen LogP contribution < -0.4 is 5.32 Å². The second-order valence-corrected chi connectivity index (χ2v) is 5.67. The van der Waals surface area contributed by atoms with Gasteiger partial charge in [0.25, 0.3) is 0 Å². The highest BCUT2D eigenvalue weighted by molar-refractivity contribution is 4.95. The molecule has 0 saturated carbocycles. The minimum atomic E-state index is -0.420. The number of ether oxygens (including phenoxy) is 1. The van der Waals surface area contributed by atoms with Gasteiger partial charge in [-0.05, 0) is 37.8 Å². The number of furan rings is 1. The SMILES string of the molecule is CC(C)CC[C@H](C)[NH2+]C[C@@H](O)COCc1ccco1. The minimum absolute atomic E-state index is 0.355. The lowest BCUT2D eigenvalue weighted by atomic mass is 10.0. The van der Waals surface area contributed by atoms with Crippen LogP contribution in [0.2, 0.25) is 0 Å². The summed E-state index contributed by atoms with van der Waals surface area (Å²) in [7, 11) is 0. The Hall–Kier alpha value is -0.840. The summed E-state index contributed by atoms with van der Waals surface area (Å²) in [6.45, 7) is 8.16. The maximum atomic E-state index is 9.82. The third-order valence-electron chi connectivity index (χ3n) is 3.14. The van der Waals surface area contributed by atoms with Crippen molar-refractivity contribution in [2.45, 2.75) is 52.4 Å². The molecule has 0 amide bonds. The number of aliphatic hydroxyl groups is 1. The van der Waals surface area contributed by atoms with Gasteiger partial charge in [-0.3, -0.25) is 0 Å². The maximum Gasteiger partial charge on any atom is 0.129 e. The van der Waals surface area contributed by atoms with Crippen LogP contribution in [0.5, 0.6) is 0 Å². The topological polar surface area (TPSA) is 59.2 Å². The van der Waals surface area contributed by atoms with E-state index in [-0.39, 0.29) is 0 Å². The van der Waals surface area contributed by atoms with E-state index < -0.39 is 6.10 Å². The molecule has 0 spiro atoms. The molecule has 1 heterocycles. The Bertz CT molecular complexity index is 311. The van der Waals surface area contributed by atoms with Crippen LogP contribution >= 0.6 is 0 Å². The van der Waals surface area contributed by atoms with Crippen molar-refractivity contribution in [1.82, 2.24) is 0 Å². The molecule has 4 nitrogen and oxygen atoms in total. The molecule has 1 aromatic rings. The van der Waals surface area contributed by atoms with E-state index in [1.54, 1.807) is 6.26 Å². The zero-order chi connectivity index (χ0) is 14.1. The molecule has 1 rings (SSSR count). The summed E-state index contributed by atoms with van der Waals surface area (Å²) in [5.41, 5.74) is 0. The van der Waals surface area contributed by atoms with Crippen LogP contribution in [-0.4, -0.2) is 30.4 Å². The van der Waals surface area contributed by atoms with Crippen LogP contribution in [0.25, 0.3) is 0 Å². The standard InChI is InChI=1S/C15H27NO3/c1-12(2)6-7-13(3)16-9-14(17)10-18-11-15-5-4-8-19-15/h4-5,8,12-14,16-17H,6-7,9-11H2,1-3H3/p+1/t13-,14+/m0/s1. The van der Waals surface area contributed by atoms with Gasteiger partial charge >= 0.3 is 0 Å². The Morgan fingerprint density at radius 2 is 2.11 bits per heavy atom. The van der Waals surface area contributed by atoms with E-state index in [9.17, 15) is 5.11 Å². The molecular formula is C15H28NO3+. The van der Waals surface area contributed by atoms with Crippen LogP contribution in [0.3, 0.4) is 0 Å². The van der Waals surface area contributed by atoms with Crippen LogP contribution in [-0.2, 0) is 11.3 Å². The van der Waals surface area contributed by atoms with E-state index in [1.165, 1.54) is 12.8 Å². The number of hydrogen-bond acceptors (Lipinski definition) is 3. The first-order chi connectivity index (χ1) is 9.08. The maximum absolute atomic E-state index is 9.82. The van der Waals surface area contributed by atoms with Crippen molar-refractivity contribution in [2.24, 2.45) is 5.92 Å². The molecule has 0 saturated heterocycles. The summed E-state index contributed by atoms with van der Waals surface area (Å²) in [6.07, 6.45) is 3.64. The molecule has 0 aliphatic heterocycles. The predicted molar refractivity (Wildman–Crippen MR) is 74.7 cm³/mol. The van der Waals surface area contributed by atoms with E-state index in [1.807, 2.05) is 12.1 Å². The van der Waals surface area contributed by atoms with Gasteiger partial charge in [0.2, 0.25) is 0 Å². The van der Waals surface area contributed by atoms with Crippen LogP contribution in [0, 0.1) is 5.92 Å². The molecule has 1 aromatic heterocycles. The summed E-state index contributed by atoms with van der Waals surface area (Å²) >= 11 is 0. The average molecular weight is 270 g/mol. The Morgan fingerprint density at radius 1 is 1.32 bits per heavy atom. The molecule has 0 aromatic carbocycles. The normalized spacial score (nSPS) is 14.8. The molecule has 110 valence electrons. The van der Waals surface area contributed by atoms with Gasteiger partial charge in [0.15, 0.2) is 0 Å². The highest BCUT2D eigenvalue weighted by Gasteiger charge is 2.11. The molecule has 0 unspecified atom stereocenters. The molecule has 0 bridgehead atoms. The predicted octanol–water partition coefficient (Wildman–Crippen LogP) is 1.55. The van der Waals surface area contributed by atoms with Gasteiger partial charge in [0, 0.05) is 0 Å². The summed E-state index contributed by atoms with van der Waals surface area (Å²) in [5.74, 6) is 1.54. The van der Waals surface area contributed by atoms with Gasteiger partial charge in [-0.1, -0.05) is 13.8 Å². The fourth-order valence-corrected chi connectivity index (χ4v) is 1.86. The zero-order valence-electron chi connectivity index (χ0n) is 12.3. The third kappa shape index (κ3) is 8.03. The quantitative estimate of drug-likeness (QED) is 0.678. The molecule has 0 fully saturated rings. The summed E-state index contributed by atoms with van der Waals surface area (Å²) < 4.78 is 10.6. The first kappa shape index (κ1) is 16.2. The zero-order valence-corrected chi connectivity index (χ0v) is 12.3. The highest BCUT2D eigenvalue weighted by atomic mass is 16.5. The molecule has 19 heavy (non-hydrogen) atoms. The largest absolute Gasteiger partial charge is 0.467 e. The Kier molecular flexibility index (Phi) is 7.79. The second-order valence-electron chi connectivity index (χ2n) is 5.67. The lowest BCUT2D eigenvalue weighted by Crippen LogP contribution is -2.91. The lowest BCUT2D eigenvalue weighted by molar-refractivity contribution is -0.692. The first-order valence-electron chi connectivity index (χ1n) is 7.19. The number of hydrogen-bond donors (Lipinski definition) is 2. The molecule has 3 N–H and O–H groups in total. The highest BCUT2D eigenvalue weighted by Crippen LogP contribution is 2.04. The Morgan fingerprint density at radius 3 is 2.74 bits per heavy atom. The van der Waals surface area contributed by atoms with E-state index in [4.69, 9.17) is 9.15 Å². The van der Waals surface area contributed by atoms with E-state index in [0.717, 1.165) is 11.7 Å². The molecular weight excluding hydrogens is 242 g/mol. The van der Waals surface area contributed by atoms with Crippen molar-refractivity contribution in [3.63, 3.8) is 0 Å². The van der Waals surface area contributed by atoms with Gasteiger partial charge in [0.05, 0.1) is 18.9 Å². The molecule has 0 radical (unpaired) electrons. The van der Waals surface area contributed by atoms with Crippen molar-refractivity contribution in [3.8, 4) is 0 Å². The lowest BCUT2D eigenvalue weighted by Gasteiger charge is -2.15. The van der Waals surface area contributed by atoms with Crippen LogP contribution in [0.4, 0.5) is 0 Å². The van der Waals surface area contributed by atoms with Gasteiger partial charge in [0.1, 0.15) is 25.0 Å². The van der Waals surface area contributed by atoms with Gasteiger partial charge in [-0.25, -0.2) is 0 Å². The average Bonchev–Trinajstić information content (AvgIpc) is 2.87. The number of aliphatic hydroxyl groups excluding tert-OH is 1. The Balaban J connectivity index is 2.02. The van der Waals surface area contributed by atoms with Crippen molar-refractivity contribution in [2.75, 3.05) is 13.2 Å². The number of quaternary nitrogens is 1. The van der Waals surface area contributed by atoms with E-state index >= 15 is 0 Å². The van der Waals surface area contributed by atoms with Crippen molar-refractivity contribution in [3.05, 3.63) is 24.2 Å². The second kappa shape index (κ2) is 9.13. The first-order valence-corrected chi connectivity index (χ1v) is 7.19. The fourth-order valence-electron chi connectivity index (χ4n) is 1.86. The minimum Gasteiger partial charge on any atom is -0.467 e. The van der Waals surface area contributed by atoms with Gasteiger partial charge < -0.3 is 19.6 Å². The number of nitrogens with two attached hydrogens (primary N) is 1. The van der Waals surface area contributed by atoms with Gasteiger partial charge in [-0.15, -0.1) is 0 Å². The fraction of sp³-hybridized carbons (Fsp3) is 0.733. The van der Waals surface area contributed by atoms with Crippen molar-refractivity contribution in [1.29, 1.82) is 0 Å². The summed E-state index contributed by atoms with van der Waals surface area (Å²) in [4.78, 5) is 0. The summed E-state index contributed by atoms with van der Waals surface area (Å²) in [5, 5.41) is 12.0. The van der Waals surface area contributed by atoms with Crippen LogP contribution in [0.15, 0.2) is 22.8 Å². The van der Waals surface area contributed by atoms with Gasteiger partial charge in [-0.2, -0.15) is 0 Å². The smallest absolute Gasteiger partial charge is 0.129 e. The molecule has 0 aliphatic carbocycles. The van der Waals surface area contributed by atoms with E-state index in [2.05, 4.69) is 26.1 Å². The molecule has 0 aliphatic rings. The molecule has 4 heteroatoms. The Labute approximate surface area is 116 Å². The van der Waals surface area contributed by atoms with Crippen molar-refractivity contribution < 1.29 is 19.6 Å². The van der Waals surface area contributed by atoms with Crippen LogP contribution in [0.1, 0.15) is 39.4 Å². The third-order valence-corrected chi connectivity index (χ3v) is 3.14. The van der Waals surface area contributed by atoms with Crippen molar-refractivity contribution >= 4 is 0 Å². The summed E-state index contributed by atoms with van der Waals surface area (Å²) in [6, 6.07) is 4.26.